The fraction of sp³-hybridized carbons (Fsp3) is 0.419. The summed E-state index contributed by atoms with van der Waals surface area (Å²) in [6.45, 7) is 13.1. The zero-order valence-corrected chi connectivity index (χ0v) is 24.2. The lowest BCUT2D eigenvalue weighted by atomic mass is 9.99. The molecule has 9 heteroatoms. The molecule has 4 amide bonds. The number of hydrogen-bond donors (Lipinski definition) is 3. The summed E-state index contributed by atoms with van der Waals surface area (Å²) < 4.78 is 5.37. The Labute approximate surface area is 237 Å². The predicted molar refractivity (Wildman–Crippen MR) is 157 cm³/mol. The summed E-state index contributed by atoms with van der Waals surface area (Å²) in [5, 5.41) is 5.58. The van der Waals surface area contributed by atoms with E-state index in [0.29, 0.717) is 17.7 Å². The molecule has 2 aromatic rings. The Hall–Kier alpha value is -4.14. The normalized spacial score (nSPS) is 12.5. The van der Waals surface area contributed by atoms with Crippen molar-refractivity contribution >= 4 is 35.6 Å². The molecule has 0 aliphatic carbocycles. The molecule has 4 N–H and O–H groups in total. The Morgan fingerprint density at radius 3 is 2.40 bits per heavy atom. The van der Waals surface area contributed by atoms with Gasteiger partial charge in [-0.05, 0) is 69.4 Å². The van der Waals surface area contributed by atoms with E-state index in [-0.39, 0.29) is 19.4 Å². The number of primary amides is 1. The van der Waals surface area contributed by atoms with E-state index < -0.39 is 41.5 Å². The second-order valence-corrected chi connectivity index (χ2v) is 10.7. The van der Waals surface area contributed by atoms with Gasteiger partial charge in [0.25, 0.3) is 5.91 Å². The molecule has 2 rings (SSSR count). The van der Waals surface area contributed by atoms with Crippen LogP contribution in [0.3, 0.4) is 0 Å². The van der Waals surface area contributed by atoms with Crippen LogP contribution < -0.4 is 16.4 Å². The maximum atomic E-state index is 14.2. The molecule has 9 nitrogen and oxygen atoms in total. The third-order valence-electron chi connectivity index (χ3n) is 6.13. The van der Waals surface area contributed by atoms with Crippen LogP contribution in [0, 0.1) is 6.92 Å². The fourth-order valence-electron chi connectivity index (χ4n) is 4.13. The van der Waals surface area contributed by atoms with Crippen molar-refractivity contribution in [2.24, 2.45) is 5.73 Å². The fourth-order valence-corrected chi connectivity index (χ4v) is 4.13. The van der Waals surface area contributed by atoms with E-state index in [1.165, 1.54) is 4.90 Å². The number of alkyl carbamates (subject to hydrolysis) is 1. The number of nitrogens with two attached hydrogens (primary N) is 1. The number of anilines is 1. The Balaban J connectivity index is 2.58. The van der Waals surface area contributed by atoms with Crippen LogP contribution in [-0.2, 0) is 19.1 Å². The van der Waals surface area contributed by atoms with Gasteiger partial charge in [-0.25, -0.2) is 4.79 Å². The predicted octanol–water partition coefficient (Wildman–Crippen LogP) is 5.11. The van der Waals surface area contributed by atoms with E-state index in [2.05, 4.69) is 17.2 Å². The molecule has 2 atom stereocenters. The molecular weight excluding hydrogens is 508 g/mol. The first-order valence-corrected chi connectivity index (χ1v) is 13.5. The molecule has 0 saturated heterocycles. The highest BCUT2D eigenvalue weighted by molar-refractivity contribution is 5.99. The number of nitrogens with zero attached hydrogens (tertiary/aromatic N) is 1. The van der Waals surface area contributed by atoms with Crippen LogP contribution >= 0.6 is 0 Å². The summed E-state index contributed by atoms with van der Waals surface area (Å²) in [4.78, 5) is 53.9. The van der Waals surface area contributed by atoms with Crippen LogP contribution in [0.1, 0.15) is 76.1 Å². The number of ether oxygens (including phenoxy) is 1. The van der Waals surface area contributed by atoms with Crippen LogP contribution in [0.25, 0.3) is 6.08 Å². The van der Waals surface area contributed by atoms with Crippen molar-refractivity contribution in [1.82, 2.24) is 10.2 Å². The van der Waals surface area contributed by atoms with E-state index in [4.69, 9.17) is 10.5 Å². The number of carbonyl (C=O) groups excluding carboxylic acids is 4. The summed E-state index contributed by atoms with van der Waals surface area (Å²) in [6.07, 6.45) is 2.04. The standard InChI is InChI=1S/C31H42N4O5/c1-7-9-19-35(29(38)25(17-18-26(32)36)34-30(39)40-31(4,5)6)27(23-15-12-14-22(8-2)20-23)28(37)33-24-16-11-10-13-21(24)3/h8,10-16,20,25,27H,2,7,9,17-19H2,1,3-6H3,(H2,32,36)(H,33,37)(H,34,39). The van der Waals surface area contributed by atoms with Gasteiger partial charge in [0, 0.05) is 18.7 Å². The first-order valence-electron chi connectivity index (χ1n) is 13.5. The lowest BCUT2D eigenvalue weighted by Crippen LogP contribution is -2.52. The van der Waals surface area contributed by atoms with Gasteiger partial charge in [-0.1, -0.05) is 62.4 Å². The van der Waals surface area contributed by atoms with Crippen LogP contribution in [0.2, 0.25) is 0 Å². The van der Waals surface area contributed by atoms with Crippen molar-refractivity contribution < 1.29 is 23.9 Å². The van der Waals surface area contributed by atoms with Gasteiger partial charge in [0.05, 0.1) is 0 Å². The van der Waals surface area contributed by atoms with E-state index >= 15 is 0 Å². The summed E-state index contributed by atoms with van der Waals surface area (Å²) in [6, 6.07) is 12.4. The Kier molecular flexibility index (Phi) is 11.9. The average molecular weight is 551 g/mol. The zero-order valence-electron chi connectivity index (χ0n) is 24.2. The molecule has 0 saturated carbocycles. The van der Waals surface area contributed by atoms with Crippen LogP contribution in [0.15, 0.2) is 55.1 Å². The van der Waals surface area contributed by atoms with Gasteiger partial charge in [0.1, 0.15) is 17.7 Å². The smallest absolute Gasteiger partial charge is 0.408 e. The van der Waals surface area contributed by atoms with Crippen molar-refractivity contribution in [2.75, 3.05) is 11.9 Å². The molecule has 0 spiro atoms. The van der Waals surface area contributed by atoms with Gasteiger partial charge in [0.2, 0.25) is 11.8 Å². The molecule has 40 heavy (non-hydrogen) atoms. The van der Waals surface area contributed by atoms with Gasteiger partial charge in [-0.15, -0.1) is 0 Å². The summed E-state index contributed by atoms with van der Waals surface area (Å²) in [5.74, 6) is -1.54. The van der Waals surface area contributed by atoms with Gasteiger partial charge < -0.3 is 26.0 Å². The molecular formula is C31H42N4O5. The van der Waals surface area contributed by atoms with E-state index in [1.54, 1.807) is 51.1 Å². The van der Waals surface area contributed by atoms with Crippen molar-refractivity contribution in [3.63, 3.8) is 0 Å². The average Bonchev–Trinajstić information content (AvgIpc) is 2.88. The third kappa shape index (κ3) is 9.87. The van der Waals surface area contributed by atoms with Crippen LogP contribution in [0.5, 0.6) is 0 Å². The summed E-state index contributed by atoms with van der Waals surface area (Å²) in [5.41, 5.74) is 7.43. The topological polar surface area (TPSA) is 131 Å². The quantitative estimate of drug-likeness (QED) is 0.319. The number of benzene rings is 2. The molecule has 0 bridgehead atoms. The van der Waals surface area contributed by atoms with E-state index in [9.17, 15) is 19.2 Å². The highest BCUT2D eigenvalue weighted by Gasteiger charge is 2.36. The largest absolute Gasteiger partial charge is 0.444 e. The molecule has 0 aliphatic heterocycles. The molecule has 0 aliphatic rings. The molecule has 0 radical (unpaired) electrons. The van der Waals surface area contributed by atoms with E-state index in [0.717, 1.165) is 17.5 Å². The number of nitrogens with one attached hydrogen (secondary N) is 2. The Morgan fingerprint density at radius 2 is 1.80 bits per heavy atom. The minimum Gasteiger partial charge on any atom is -0.444 e. The number of carbonyl (C=O) groups is 4. The van der Waals surface area contributed by atoms with Crippen LogP contribution in [0.4, 0.5) is 10.5 Å². The van der Waals surface area contributed by atoms with Gasteiger partial charge in [0.15, 0.2) is 0 Å². The molecule has 216 valence electrons. The minimum absolute atomic E-state index is 0.0468. The van der Waals surface area contributed by atoms with Crippen LogP contribution in [-0.4, -0.2) is 46.9 Å². The molecule has 0 aromatic heterocycles. The molecule has 0 fully saturated rings. The first-order chi connectivity index (χ1) is 18.9. The molecule has 2 unspecified atom stereocenters. The number of para-hydroxylation sites is 1. The lowest BCUT2D eigenvalue weighted by molar-refractivity contribution is -0.141. The first kappa shape index (κ1) is 32.1. The second-order valence-electron chi connectivity index (χ2n) is 10.7. The highest BCUT2D eigenvalue weighted by Crippen LogP contribution is 2.27. The maximum absolute atomic E-state index is 14.2. The molecule has 2 aromatic carbocycles. The Morgan fingerprint density at radius 1 is 1.10 bits per heavy atom. The van der Waals surface area contributed by atoms with E-state index in [1.807, 2.05) is 38.1 Å². The minimum atomic E-state index is -1.14. The second kappa shape index (κ2) is 14.9. The van der Waals surface area contributed by atoms with Gasteiger partial charge in [-0.3, -0.25) is 14.4 Å². The SMILES string of the molecule is C=Cc1cccc(C(C(=O)Nc2ccccc2C)N(CCCC)C(=O)C(CCC(N)=O)NC(=O)OC(C)(C)C)c1. The molecule has 0 heterocycles. The van der Waals surface area contributed by atoms with Crippen molar-refractivity contribution in [3.05, 3.63) is 71.8 Å². The maximum Gasteiger partial charge on any atom is 0.408 e. The van der Waals surface area contributed by atoms with Crippen molar-refractivity contribution in [1.29, 1.82) is 0 Å². The number of unbranched alkanes of at least 4 members (excludes halogenated alkanes) is 1. The van der Waals surface area contributed by atoms with Crippen molar-refractivity contribution in [3.8, 4) is 0 Å². The van der Waals surface area contributed by atoms with Gasteiger partial charge in [-0.2, -0.15) is 0 Å². The monoisotopic (exact) mass is 550 g/mol. The summed E-state index contributed by atoms with van der Waals surface area (Å²) >= 11 is 0. The third-order valence-corrected chi connectivity index (χ3v) is 6.13. The number of rotatable bonds is 13. The summed E-state index contributed by atoms with van der Waals surface area (Å²) in [7, 11) is 0. The van der Waals surface area contributed by atoms with Crippen molar-refractivity contribution in [2.45, 2.75) is 78.0 Å². The zero-order chi connectivity index (χ0) is 29.9. The number of aryl methyl sites for hydroxylation is 1. The van der Waals surface area contributed by atoms with Gasteiger partial charge >= 0.3 is 6.09 Å². The number of amides is 4. The Bertz CT molecular complexity index is 1200. The lowest BCUT2D eigenvalue weighted by Gasteiger charge is -2.34. The highest BCUT2D eigenvalue weighted by atomic mass is 16.6. The number of hydrogen-bond acceptors (Lipinski definition) is 5.